The Labute approximate surface area is 105 Å². The lowest BCUT2D eigenvalue weighted by atomic mass is 9.80. The van der Waals surface area contributed by atoms with Gasteiger partial charge in [-0.05, 0) is 12.0 Å². The van der Waals surface area contributed by atoms with Crippen LogP contribution >= 0.6 is 0 Å². The largest absolute Gasteiger partial charge is 0.474 e. The monoisotopic (exact) mass is 249 g/mol. The van der Waals surface area contributed by atoms with Crippen molar-refractivity contribution in [1.82, 2.24) is 4.90 Å². The van der Waals surface area contributed by atoms with Gasteiger partial charge in [0.15, 0.2) is 0 Å². The lowest BCUT2D eigenvalue weighted by molar-refractivity contribution is -0.155. The fourth-order valence-corrected chi connectivity index (χ4v) is 2.43. The van der Waals surface area contributed by atoms with Crippen LogP contribution < -0.4 is 0 Å². The van der Waals surface area contributed by atoms with Crippen LogP contribution in [-0.4, -0.2) is 46.7 Å². The third-order valence-electron chi connectivity index (χ3n) is 3.51. The molecule has 2 N–H and O–H groups in total. The standard InChI is InChI=1S/C13H15NO4/c15-9-13(10-4-2-1-3-5-10)6-7-14(8-13)11(16)12(17)18/h1-5,15H,6-9H2,(H,17,18). The first-order valence-corrected chi connectivity index (χ1v) is 5.78. The van der Waals surface area contributed by atoms with Gasteiger partial charge in [-0.2, -0.15) is 0 Å². The van der Waals surface area contributed by atoms with E-state index in [1.165, 1.54) is 4.90 Å². The van der Waals surface area contributed by atoms with E-state index in [9.17, 15) is 14.7 Å². The molecule has 1 heterocycles. The van der Waals surface area contributed by atoms with E-state index < -0.39 is 17.3 Å². The van der Waals surface area contributed by atoms with Crippen LogP contribution in [0.3, 0.4) is 0 Å². The highest BCUT2D eigenvalue weighted by Crippen LogP contribution is 2.34. The maximum Gasteiger partial charge on any atom is 0.394 e. The zero-order valence-electron chi connectivity index (χ0n) is 9.87. The van der Waals surface area contributed by atoms with E-state index in [0.29, 0.717) is 13.0 Å². The highest BCUT2D eigenvalue weighted by Gasteiger charge is 2.42. The molecule has 18 heavy (non-hydrogen) atoms. The van der Waals surface area contributed by atoms with Crippen LogP contribution in [0.4, 0.5) is 0 Å². The quantitative estimate of drug-likeness (QED) is 0.736. The summed E-state index contributed by atoms with van der Waals surface area (Å²) in [4.78, 5) is 23.4. The van der Waals surface area contributed by atoms with Gasteiger partial charge in [0.2, 0.25) is 0 Å². The molecule has 2 rings (SSSR count). The van der Waals surface area contributed by atoms with Crippen LogP contribution in [0, 0.1) is 0 Å². The molecule has 96 valence electrons. The zero-order chi connectivity index (χ0) is 13.2. The molecule has 0 aliphatic carbocycles. The number of carboxylic acid groups (broad SMARTS) is 1. The van der Waals surface area contributed by atoms with Gasteiger partial charge in [-0.25, -0.2) is 4.79 Å². The Kier molecular flexibility index (Phi) is 3.34. The zero-order valence-corrected chi connectivity index (χ0v) is 9.87. The lowest BCUT2D eigenvalue weighted by Crippen LogP contribution is -2.39. The summed E-state index contributed by atoms with van der Waals surface area (Å²) in [5.41, 5.74) is 0.403. The van der Waals surface area contributed by atoms with E-state index in [2.05, 4.69) is 0 Å². The maximum absolute atomic E-state index is 11.4. The second kappa shape index (κ2) is 4.78. The topological polar surface area (TPSA) is 77.8 Å². The van der Waals surface area contributed by atoms with Crippen molar-refractivity contribution in [2.24, 2.45) is 0 Å². The third kappa shape index (κ3) is 2.09. The van der Waals surface area contributed by atoms with E-state index in [4.69, 9.17) is 5.11 Å². The second-order valence-electron chi connectivity index (χ2n) is 4.59. The van der Waals surface area contributed by atoms with Crippen molar-refractivity contribution in [3.63, 3.8) is 0 Å². The number of carbonyl (C=O) groups excluding carboxylic acids is 1. The fourth-order valence-electron chi connectivity index (χ4n) is 2.43. The molecule has 0 saturated carbocycles. The minimum Gasteiger partial charge on any atom is -0.474 e. The number of carbonyl (C=O) groups is 2. The van der Waals surface area contributed by atoms with Gasteiger partial charge in [-0.1, -0.05) is 30.3 Å². The van der Waals surface area contributed by atoms with Gasteiger partial charge < -0.3 is 15.1 Å². The molecular weight excluding hydrogens is 234 g/mol. The summed E-state index contributed by atoms with van der Waals surface area (Å²) in [5.74, 6) is -2.35. The summed E-state index contributed by atoms with van der Waals surface area (Å²) in [6.45, 7) is 0.514. The molecule has 1 unspecified atom stereocenters. The predicted molar refractivity (Wildman–Crippen MR) is 64.0 cm³/mol. The smallest absolute Gasteiger partial charge is 0.394 e. The number of aliphatic hydroxyl groups excluding tert-OH is 1. The summed E-state index contributed by atoms with van der Waals surface area (Å²) < 4.78 is 0. The molecule has 1 aliphatic heterocycles. The number of aliphatic hydroxyl groups is 1. The van der Waals surface area contributed by atoms with Crippen LogP contribution in [0.25, 0.3) is 0 Å². The molecule has 1 amide bonds. The Morgan fingerprint density at radius 3 is 2.50 bits per heavy atom. The number of aliphatic carboxylic acids is 1. The van der Waals surface area contributed by atoms with Gasteiger partial charge in [-0.15, -0.1) is 0 Å². The fraction of sp³-hybridized carbons (Fsp3) is 0.385. The molecule has 1 saturated heterocycles. The Bertz CT molecular complexity index is 459. The van der Waals surface area contributed by atoms with E-state index in [-0.39, 0.29) is 13.2 Å². The molecule has 0 radical (unpaired) electrons. The number of hydrogen-bond acceptors (Lipinski definition) is 3. The predicted octanol–water partition coefficient (Wildman–Crippen LogP) is 0.234. The van der Waals surface area contributed by atoms with Crippen LogP contribution in [-0.2, 0) is 15.0 Å². The van der Waals surface area contributed by atoms with E-state index in [0.717, 1.165) is 5.56 Å². The molecule has 1 atom stereocenters. The molecule has 5 nitrogen and oxygen atoms in total. The summed E-state index contributed by atoms with van der Waals surface area (Å²) in [6.07, 6.45) is 0.576. The number of carboxylic acids is 1. The summed E-state index contributed by atoms with van der Waals surface area (Å²) in [6, 6.07) is 9.41. The van der Waals surface area contributed by atoms with Gasteiger partial charge in [0.1, 0.15) is 0 Å². The number of benzene rings is 1. The molecular formula is C13H15NO4. The van der Waals surface area contributed by atoms with Gasteiger partial charge in [0.05, 0.1) is 6.61 Å². The van der Waals surface area contributed by atoms with E-state index >= 15 is 0 Å². The normalized spacial score (nSPS) is 23.1. The highest BCUT2D eigenvalue weighted by atomic mass is 16.4. The van der Waals surface area contributed by atoms with Gasteiger partial charge >= 0.3 is 11.9 Å². The Morgan fingerprint density at radius 2 is 1.94 bits per heavy atom. The molecule has 0 spiro atoms. The number of rotatable bonds is 2. The van der Waals surface area contributed by atoms with Crippen molar-refractivity contribution >= 4 is 11.9 Å². The van der Waals surface area contributed by atoms with Gasteiger partial charge in [0, 0.05) is 18.5 Å². The first-order valence-electron chi connectivity index (χ1n) is 5.78. The Balaban J connectivity index is 2.23. The van der Waals surface area contributed by atoms with Crippen molar-refractivity contribution in [2.45, 2.75) is 11.8 Å². The molecule has 1 aromatic carbocycles. The molecule has 0 aromatic heterocycles. The van der Waals surface area contributed by atoms with Crippen LogP contribution in [0.5, 0.6) is 0 Å². The average molecular weight is 249 g/mol. The number of nitrogens with zero attached hydrogens (tertiary/aromatic N) is 1. The minimum absolute atomic E-state index is 0.0968. The van der Waals surface area contributed by atoms with Crippen molar-refractivity contribution < 1.29 is 19.8 Å². The van der Waals surface area contributed by atoms with Crippen molar-refractivity contribution in [2.75, 3.05) is 19.7 Å². The molecule has 0 bridgehead atoms. The summed E-state index contributed by atoms with van der Waals surface area (Å²) >= 11 is 0. The highest BCUT2D eigenvalue weighted by molar-refractivity contribution is 6.31. The maximum atomic E-state index is 11.4. The van der Waals surface area contributed by atoms with Gasteiger partial charge in [0.25, 0.3) is 0 Å². The van der Waals surface area contributed by atoms with Crippen LogP contribution in [0.15, 0.2) is 30.3 Å². The average Bonchev–Trinajstić information content (AvgIpc) is 2.84. The molecule has 1 fully saturated rings. The van der Waals surface area contributed by atoms with Crippen LogP contribution in [0.2, 0.25) is 0 Å². The lowest BCUT2D eigenvalue weighted by Gasteiger charge is -2.27. The second-order valence-corrected chi connectivity index (χ2v) is 4.59. The van der Waals surface area contributed by atoms with Crippen LogP contribution in [0.1, 0.15) is 12.0 Å². The molecule has 1 aromatic rings. The first kappa shape index (κ1) is 12.6. The van der Waals surface area contributed by atoms with E-state index in [1.54, 1.807) is 0 Å². The number of hydrogen-bond donors (Lipinski definition) is 2. The first-order chi connectivity index (χ1) is 8.59. The summed E-state index contributed by atoms with van der Waals surface area (Å²) in [7, 11) is 0. The SMILES string of the molecule is O=C(O)C(=O)N1CCC(CO)(c2ccccc2)C1. The Hall–Kier alpha value is -1.88. The summed E-state index contributed by atoms with van der Waals surface area (Å²) in [5, 5.41) is 18.3. The third-order valence-corrected chi connectivity index (χ3v) is 3.51. The van der Waals surface area contributed by atoms with Crippen molar-refractivity contribution in [3.8, 4) is 0 Å². The number of amides is 1. The Morgan fingerprint density at radius 1 is 1.28 bits per heavy atom. The van der Waals surface area contributed by atoms with Crippen molar-refractivity contribution in [3.05, 3.63) is 35.9 Å². The molecule has 5 heteroatoms. The number of likely N-dealkylation sites (tertiary alicyclic amines) is 1. The van der Waals surface area contributed by atoms with Gasteiger partial charge in [-0.3, -0.25) is 4.79 Å². The van der Waals surface area contributed by atoms with Crippen molar-refractivity contribution in [1.29, 1.82) is 0 Å². The van der Waals surface area contributed by atoms with E-state index in [1.807, 2.05) is 30.3 Å². The molecule has 1 aliphatic rings. The minimum atomic E-state index is -1.45.